The molecule has 0 saturated carbocycles. The number of amides is 2. The van der Waals surface area contributed by atoms with Crippen LogP contribution < -0.4 is 5.32 Å². The number of carboxylic acid groups (broad SMARTS) is 1. The first-order valence-corrected chi connectivity index (χ1v) is 11.4. The van der Waals surface area contributed by atoms with E-state index in [4.69, 9.17) is 9.84 Å². The number of nitrogens with one attached hydrogen (secondary N) is 1. The van der Waals surface area contributed by atoms with Crippen molar-refractivity contribution in [3.63, 3.8) is 0 Å². The fourth-order valence-corrected chi connectivity index (χ4v) is 4.66. The topological polar surface area (TPSA) is 127 Å². The van der Waals surface area contributed by atoms with E-state index in [-0.39, 0.29) is 36.6 Å². The molecule has 2 N–H and O–H groups in total. The molecule has 0 bridgehead atoms. The van der Waals surface area contributed by atoms with Crippen molar-refractivity contribution in [1.82, 2.24) is 25.2 Å². The van der Waals surface area contributed by atoms with Crippen molar-refractivity contribution in [2.24, 2.45) is 0 Å². The van der Waals surface area contributed by atoms with Crippen LogP contribution >= 0.6 is 0 Å². The molecule has 35 heavy (non-hydrogen) atoms. The molecule has 1 aliphatic carbocycles. The van der Waals surface area contributed by atoms with Crippen LogP contribution in [-0.2, 0) is 9.53 Å². The maximum atomic E-state index is 12.5. The lowest BCUT2D eigenvalue weighted by Crippen LogP contribution is -2.52. The Balaban J connectivity index is 1.09. The van der Waals surface area contributed by atoms with Gasteiger partial charge in [0, 0.05) is 31.5 Å². The van der Waals surface area contributed by atoms with Crippen molar-refractivity contribution < 1.29 is 24.2 Å². The van der Waals surface area contributed by atoms with Crippen molar-refractivity contribution in [2.45, 2.75) is 31.3 Å². The molecule has 180 valence electrons. The number of rotatable bonds is 7. The van der Waals surface area contributed by atoms with Gasteiger partial charge in [-0.3, -0.25) is 4.79 Å². The third kappa shape index (κ3) is 4.46. The van der Waals surface area contributed by atoms with Gasteiger partial charge in [-0.05, 0) is 29.2 Å². The van der Waals surface area contributed by atoms with Gasteiger partial charge in [0.1, 0.15) is 6.61 Å². The molecule has 1 atom stereocenters. The summed E-state index contributed by atoms with van der Waals surface area (Å²) >= 11 is 0. The average molecular weight is 476 g/mol. The minimum absolute atomic E-state index is 0.0264. The fraction of sp³-hybridized carbons (Fsp3) is 0.320. The first-order chi connectivity index (χ1) is 16.9. The molecule has 1 saturated heterocycles. The number of hydrogen-bond donors (Lipinski definition) is 2. The number of ether oxygens (including phenoxy) is 1. The van der Waals surface area contributed by atoms with Crippen LogP contribution in [0.1, 0.15) is 46.9 Å². The lowest BCUT2D eigenvalue weighted by atomic mass is 9.98. The Hall–Kier alpha value is -4.21. The first kappa shape index (κ1) is 22.6. The van der Waals surface area contributed by atoms with Gasteiger partial charge in [-0.1, -0.05) is 53.7 Å². The van der Waals surface area contributed by atoms with Gasteiger partial charge in [0.05, 0.1) is 12.2 Å². The molecule has 10 nitrogen and oxygen atoms in total. The Morgan fingerprint density at radius 3 is 2.31 bits per heavy atom. The molecule has 10 heteroatoms. The number of aromatic carboxylic acids is 1. The molecule has 2 amide bonds. The van der Waals surface area contributed by atoms with E-state index >= 15 is 0 Å². The number of carboxylic acids is 1. The van der Waals surface area contributed by atoms with E-state index in [1.807, 2.05) is 24.3 Å². The molecular formula is C25H25N5O5. The summed E-state index contributed by atoms with van der Waals surface area (Å²) in [5.74, 6) is -1.27. The minimum atomic E-state index is -1.14. The highest BCUT2D eigenvalue weighted by Crippen LogP contribution is 2.44. The summed E-state index contributed by atoms with van der Waals surface area (Å²) in [6.07, 6.45) is 0.933. The second-order valence-corrected chi connectivity index (χ2v) is 8.92. The molecule has 0 radical (unpaired) electrons. The van der Waals surface area contributed by atoms with Gasteiger partial charge in [-0.2, -0.15) is 0 Å². The Kier molecular flexibility index (Phi) is 5.94. The number of nitrogens with zero attached hydrogens (tertiary/aromatic N) is 4. The Morgan fingerprint density at radius 1 is 1.09 bits per heavy atom. The minimum Gasteiger partial charge on any atom is -0.476 e. The summed E-state index contributed by atoms with van der Waals surface area (Å²) in [6.45, 7) is 2.80. The highest BCUT2D eigenvalue weighted by atomic mass is 16.5. The zero-order chi connectivity index (χ0) is 24.5. The van der Waals surface area contributed by atoms with Gasteiger partial charge in [0.2, 0.25) is 5.91 Å². The smallest absolute Gasteiger partial charge is 0.407 e. The molecular weight excluding hydrogens is 450 g/mol. The second kappa shape index (κ2) is 9.21. The zero-order valence-electron chi connectivity index (χ0n) is 19.1. The maximum absolute atomic E-state index is 12.5. The van der Waals surface area contributed by atoms with Gasteiger partial charge in [0.25, 0.3) is 0 Å². The highest BCUT2D eigenvalue weighted by molar-refractivity contribution is 5.84. The van der Waals surface area contributed by atoms with Crippen molar-refractivity contribution >= 4 is 18.0 Å². The molecule has 1 fully saturated rings. The van der Waals surface area contributed by atoms with E-state index < -0.39 is 18.1 Å². The molecule has 1 aliphatic heterocycles. The van der Waals surface area contributed by atoms with Crippen molar-refractivity contribution in [1.29, 1.82) is 0 Å². The molecule has 2 aromatic carbocycles. The van der Waals surface area contributed by atoms with E-state index in [0.717, 1.165) is 22.3 Å². The Morgan fingerprint density at radius 2 is 1.71 bits per heavy atom. The summed E-state index contributed by atoms with van der Waals surface area (Å²) < 4.78 is 7.01. The third-order valence-corrected chi connectivity index (χ3v) is 6.51. The quantitative estimate of drug-likeness (QED) is 0.538. The van der Waals surface area contributed by atoms with E-state index in [9.17, 15) is 14.4 Å². The van der Waals surface area contributed by atoms with E-state index in [1.165, 1.54) is 10.9 Å². The van der Waals surface area contributed by atoms with Gasteiger partial charge < -0.3 is 20.1 Å². The average Bonchev–Trinajstić information content (AvgIpc) is 3.40. The Bertz CT molecular complexity index is 1240. The number of fused-ring (bicyclic) bond motifs is 3. The van der Waals surface area contributed by atoms with Crippen LogP contribution in [0, 0.1) is 0 Å². The maximum Gasteiger partial charge on any atom is 0.407 e. The molecule has 0 spiro atoms. The van der Waals surface area contributed by atoms with Crippen molar-refractivity contribution in [2.75, 3.05) is 19.7 Å². The van der Waals surface area contributed by atoms with E-state index in [2.05, 4.69) is 39.9 Å². The standard InChI is InChI=1S/C25H25N5O5/c1-15(10-23(31)29-11-16(12-29)30-13-22(24(32)33)27-28-30)26-25(34)35-14-21-19-8-4-2-6-17(19)18-7-3-5-9-20(18)21/h2-9,13,15-16,21H,10-12,14H2,1H3,(H,26,34)(H,32,33)/t15-/m0/s1. The molecule has 0 unspecified atom stereocenters. The summed E-state index contributed by atoms with van der Waals surface area (Å²) in [5, 5.41) is 19.1. The summed E-state index contributed by atoms with van der Waals surface area (Å²) in [4.78, 5) is 37.6. The number of aromatic nitrogens is 3. The van der Waals surface area contributed by atoms with Crippen LogP contribution in [-0.4, -0.2) is 68.7 Å². The van der Waals surface area contributed by atoms with Crippen LogP contribution in [0.4, 0.5) is 4.79 Å². The van der Waals surface area contributed by atoms with Gasteiger partial charge >= 0.3 is 12.1 Å². The lowest BCUT2D eigenvalue weighted by molar-refractivity contribution is -0.137. The van der Waals surface area contributed by atoms with Crippen LogP contribution in [0.5, 0.6) is 0 Å². The van der Waals surface area contributed by atoms with Crippen LogP contribution in [0.25, 0.3) is 11.1 Å². The van der Waals surface area contributed by atoms with Crippen molar-refractivity contribution in [3.8, 4) is 11.1 Å². The number of carbonyl (C=O) groups is 3. The highest BCUT2D eigenvalue weighted by Gasteiger charge is 2.34. The predicted octanol–water partition coefficient (Wildman–Crippen LogP) is 2.68. The van der Waals surface area contributed by atoms with Crippen LogP contribution in [0.15, 0.2) is 54.7 Å². The Labute approximate surface area is 201 Å². The van der Waals surface area contributed by atoms with Crippen LogP contribution in [0.3, 0.4) is 0 Å². The lowest BCUT2D eigenvalue weighted by Gasteiger charge is -2.39. The number of likely N-dealkylation sites (tertiary alicyclic amines) is 1. The number of alkyl carbamates (subject to hydrolysis) is 1. The first-order valence-electron chi connectivity index (χ1n) is 11.4. The third-order valence-electron chi connectivity index (χ3n) is 6.51. The number of carbonyl (C=O) groups excluding carboxylic acids is 2. The summed E-state index contributed by atoms with van der Waals surface area (Å²) in [5.41, 5.74) is 4.47. The monoisotopic (exact) mass is 475 g/mol. The van der Waals surface area contributed by atoms with Crippen molar-refractivity contribution in [3.05, 3.63) is 71.5 Å². The largest absolute Gasteiger partial charge is 0.476 e. The van der Waals surface area contributed by atoms with E-state index in [0.29, 0.717) is 13.1 Å². The SMILES string of the molecule is C[C@@H](CC(=O)N1CC(n2cc(C(=O)O)nn2)C1)NC(=O)OCC1c2ccccc2-c2ccccc21. The summed E-state index contributed by atoms with van der Waals surface area (Å²) in [6, 6.07) is 15.8. The molecule has 1 aromatic heterocycles. The summed E-state index contributed by atoms with van der Waals surface area (Å²) in [7, 11) is 0. The van der Waals surface area contributed by atoms with Gasteiger partial charge in [-0.15, -0.1) is 5.10 Å². The van der Waals surface area contributed by atoms with Gasteiger partial charge in [0.15, 0.2) is 5.69 Å². The van der Waals surface area contributed by atoms with E-state index in [1.54, 1.807) is 11.8 Å². The number of benzene rings is 2. The zero-order valence-corrected chi connectivity index (χ0v) is 19.1. The second-order valence-electron chi connectivity index (χ2n) is 8.92. The predicted molar refractivity (Wildman–Crippen MR) is 125 cm³/mol. The van der Waals surface area contributed by atoms with Gasteiger partial charge in [-0.25, -0.2) is 14.3 Å². The number of hydrogen-bond acceptors (Lipinski definition) is 6. The fourth-order valence-electron chi connectivity index (χ4n) is 4.66. The molecule has 3 aromatic rings. The molecule has 2 heterocycles. The molecule has 5 rings (SSSR count). The van der Waals surface area contributed by atoms with Crippen LogP contribution in [0.2, 0.25) is 0 Å². The normalized spacial score (nSPS) is 15.6. The molecule has 2 aliphatic rings.